The van der Waals surface area contributed by atoms with Gasteiger partial charge in [0.2, 0.25) is 0 Å². The number of rotatable bonds is 4. The molecule has 4 aromatic carbocycles. The summed E-state index contributed by atoms with van der Waals surface area (Å²) in [5, 5.41) is 0. The van der Waals surface area contributed by atoms with E-state index in [9.17, 15) is 0 Å². The second kappa shape index (κ2) is 12.9. The molecule has 0 amide bonds. The number of H-pyrrole nitrogens is 2. The van der Waals surface area contributed by atoms with Crippen LogP contribution in [-0.4, -0.2) is 19.9 Å². The fraction of sp³-hybridized carbons (Fsp3) is 0. The van der Waals surface area contributed by atoms with Gasteiger partial charge in [0.25, 0.3) is 0 Å². The summed E-state index contributed by atoms with van der Waals surface area (Å²) < 4.78 is 0. The molecule has 0 atom stereocenters. The Hall–Kier alpha value is -6.00. The summed E-state index contributed by atoms with van der Waals surface area (Å²) in [7, 11) is 0. The van der Waals surface area contributed by atoms with Crippen molar-refractivity contribution in [2.75, 3.05) is 0 Å². The van der Waals surface area contributed by atoms with E-state index in [0.717, 1.165) is 89.4 Å². The Balaban J connectivity index is 0.00000348. The molecule has 0 unspecified atom stereocenters. The zero-order chi connectivity index (χ0) is 31.9. The van der Waals surface area contributed by atoms with Crippen molar-refractivity contribution in [1.29, 1.82) is 0 Å². The van der Waals surface area contributed by atoms with Crippen LogP contribution in [0.15, 0.2) is 146 Å². The summed E-state index contributed by atoms with van der Waals surface area (Å²) in [4.78, 5) is 18.3. The van der Waals surface area contributed by atoms with Crippen LogP contribution < -0.4 is 0 Å². The first-order valence-electron chi connectivity index (χ1n) is 16.2. The Kier molecular flexibility index (Phi) is 7.98. The molecule has 0 fully saturated rings. The molecule has 9 rings (SSSR count). The van der Waals surface area contributed by atoms with Gasteiger partial charge in [-0.05, 0) is 70.8 Å². The van der Waals surface area contributed by atoms with Crippen molar-refractivity contribution < 1.29 is 17.1 Å². The summed E-state index contributed by atoms with van der Waals surface area (Å²) in [5.41, 5.74) is 16.2. The molecular weight excluding hydrogens is 640 g/mol. The van der Waals surface area contributed by atoms with Gasteiger partial charge in [-0.15, -0.1) is 0 Å². The Morgan fingerprint density at radius 2 is 0.510 bits per heavy atom. The normalized spacial score (nSPS) is 11.8. The van der Waals surface area contributed by atoms with E-state index in [4.69, 9.17) is 9.97 Å². The van der Waals surface area contributed by atoms with E-state index in [1.807, 2.05) is 24.3 Å². The Morgan fingerprint density at radius 3 is 0.735 bits per heavy atom. The van der Waals surface area contributed by atoms with Crippen LogP contribution in [-0.2, 0) is 17.1 Å². The van der Waals surface area contributed by atoms with Crippen LogP contribution in [0.4, 0.5) is 0 Å². The maximum Gasteiger partial charge on any atom is 2.00 e. The number of aromatic amines is 2. The number of nitrogens with one attached hydrogen (secondary N) is 2. The molecule has 7 aromatic rings. The van der Waals surface area contributed by atoms with E-state index in [2.05, 4.69) is 156 Å². The minimum Gasteiger partial charge on any atom is -0.354 e. The van der Waals surface area contributed by atoms with Crippen molar-refractivity contribution in [3.8, 4) is 44.5 Å². The summed E-state index contributed by atoms with van der Waals surface area (Å²) in [6.45, 7) is 0. The largest absolute Gasteiger partial charge is 2.00 e. The fourth-order valence-electron chi connectivity index (χ4n) is 6.84. The standard InChI is InChI=1S/C44H30N4.Fe/c1-5-13-29(14-6-1)41-33-21-23-35(45-33)42(30-15-7-2-8-16-30)37-25-27-39(47-37)44(32-19-11-4-12-20-32)40-28-26-38(48-40)43(31-17-9-3-10-18-31)36-24-22-34(41)46-36;/h1-28,45,48H;/q;+2. The first-order valence-corrected chi connectivity index (χ1v) is 16.2. The molecule has 5 heteroatoms. The second-order valence-corrected chi connectivity index (χ2v) is 12.0. The smallest absolute Gasteiger partial charge is 0.354 e. The van der Waals surface area contributed by atoms with Gasteiger partial charge in [0.1, 0.15) is 0 Å². The fourth-order valence-corrected chi connectivity index (χ4v) is 6.84. The molecule has 4 nitrogen and oxygen atoms in total. The summed E-state index contributed by atoms with van der Waals surface area (Å²) in [6, 6.07) is 50.7. The molecule has 0 saturated carbocycles. The van der Waals surface area contributed by atoms with E-state index in [0.29, 0.717) is 0 Å². The van der Waals surface area contributed by atoms with Crippen molar-refractivity contribution in [2.45, 2.75) is 0 Å². The van der Waals surface area contributed by atoms with E-state index >= 15 is 0 Å². The van der Waals surface area contributed by atoms with Gasteiger partial charge in [-0.25, -0.2) is 9.97 Å². The molecule has 3 aromatic heterocycles. The third-order valence-corrected chi connectivity index (χ3v) is 9.00. The number of hydrogen-bond acceptors (Lipinski definition) is 2. The molecule has 5 heterocycles. The average molecular weight is 671 g/mol. The molecule has 0 aliphatic carbocycles. The van der Waals surface area contributed by atoms with Gasteiger partial charge >= 0.3 is 17.1 Å². The molecule has 2 aliphatic heterocycles. The first-order chi connectivity index (χ1) is 23.8. The monoisotopic (exact) mass is 670 g/mol. The van der Waals surface area contributed by atoms with E-state index < -0.39 is 0 Å². The van der Waals surface area contributed by atoms with Crippen LogP contribution in [0.1, 0.15) is 22.8 Å². The summed E-state index contributed by atoms with van der Waals surface area (Å²) in [6.07, 6.45) is 8.54. The van der Waals surface area contributed by atoms with Gasteiger partial charge in [0.05, 0.1) is 22.8 Å². The maximum atomic E-state index is 5.35. The molecule has 232 valence electrons. The van der Waals surface area contributed by atoms with Gasteiger partial charge in [-0.1, -0.05) is 121 Å². The van der Waals surface area contributed by atoms with Crippen LogP contribution in [0.25, 0.3) is 90.9 Å². The summed E-state index contributed by atoms with van der Waals surface area (Å²) >= 11 is 0. The predicted molar refractivity (Wildman–Crippen MR) is 201 cm³/mol. The van der Waals surface area contributed by atoms with Crippen LogP contribution in [0, 0.1) is 0 Å². The molecule has 2 aliphatic rings. The number of hydrogen-bond donors (Lipinski definition) is 2. The SMILES string of the molecule is C1=Cc2nc1c(-c1ccccc1)c1ccc([nH]1)c(-c1ccccc1)c1nc(c(-c3ccccc3)c3ccc([nH]3)c2-c2ccccc2)C=C1.[Fe+2]. The van der Waals surface area contributed by atoms with Gasteiger partial charge in [-0.2, -0.15) is 0 Å². The van der Waals surface area contributed by atoms with Gasteiger partial charge in [-0.3, -0.25) is 0 Å². The van der Waals surface area contributed by atoms with Crippen LogP contribution in [0.2, 0.25) is 0 Å². The van der Waals surface area contributed by atoms with Crippen molar-refractivity contribution >= 4 is 46.4 Å². The third-order valence-electron chi connectivity index (χ3n) is 9.00. The molecule has 49 heavy (non-hydrogen) atoms. The molecule has 0 spiro atoms. The summed E-state index contributed by atoms with van der Waals surface area (Å²) in [5.74, 6) is 0. The topological polar surface area (TPSA) is 57.4 Å². The maximum absolute atomic E-state index is 5.35. The van der Waals surface area contributed by atoms with Crippen LogP contribution >= 0.6 is 0 Å². The minimum atomic E-state index is 0. The minimum absolute atomic E-state index is 0. The number of nitrogens with zero attached hydrogens (tertiary/aromatic N) is 2. The Morgan fingerprint density at radius 1 is 0.286 bits per heavy atom. The van der Waals surface area contributed by atoms with Crippen molar-refractivity contribution in [3.05, 3.63) is 168 Å². The van der Waals surface area contributed by atoms with Crippen molar-refractivity contribution in [2.24, 2.45) is 0 Å². The second-order valence-electron chi connectivity index (χ2n) is 12.0. The average Bonchev–Trinajstić information content (AvgIpc) is 3.98. The predicted octanol–water partition coefficient (Wildman–Crippen LogP) is 11.3. The van der Waals surface area contributed by atoms with Crippen LogP contribution in [0.3, 0.4) is 0 Å². The molecule has 0 radical (unpaired) electrons. The molecule has 8 bridgehead atoms. The number of fused-ring (bicyclic) bond motifs is 8. The first kappa shape index (κ1) is 30.3. The van der Waals surface area contributed by atoms with Crippen molar-refractivity contribution in [1.82, 2.24) is 19.9 Å². The quantitative estimate of drug-likeness (QED) is 0.183. The Bertz CT molecular complexity index is 2180. The van der Waals surface area contributed by atoms with Crippen LogP contribution in [0.5, 0.6) is 0 Å². The molecule has 0 saturated heterocycles. The van der Waals surface area contributed by atoms with E-state index in [1.165, 1.54) is 0 Å². The number of aromatic nitrogens is 4. The zero-order valence-corrected chi connectivity index (χ0v) is 27.5. The van der Waals surface area contributed by atoms with Crippen molar-refractivity contribution in [3.63, 3.8) is 0 Å². The van der Waals surface area contributed by atoms with Gasteiger partial charge in [0, 0.05) is 44.3 Å². The van der Waals surface area contributed by atoms with Gasteiger partial charge < -0.3 is 9.97 Å². The molecular formula is C44H30FeN4+2. The number of benzene rings is 4. The molecule has 2 N–H and O–H groups in total. The zero-order valence-electron chi connectivity index (χ0n) is 26.4. The Labute approximate surface area is 295 Å². The van der Waals surface area contributed by atoms with Gasteiger partial charge in [0.15, 0.2) is 0 Å². The van der Waals surface area contributed by atoms with E-state index in [-0.39, 0.29) is 17.1 Å². The van der Waals surface area contributed by atoms with E-state index in [1.54, 1.807) is 0 Å². The third kappa shape index (κ3) is 5.55.